The van der Waals surface area contributed by atoms with Crippen molar-refractivity contribution in [3.8, 4) is 11.1 Å². The van der Waals surface area contributed by atoms with E-state index in [9.17, 15) is 17.6 Å². The Bertz CT molecular complexity index is 1100. The molecular formula is C24H27FN2O4S. The molecule has 2 aliphatic heterocycles. The minimum Gasteiger partial charge on any atom is -0.368 e. The van der Waals surface area contributed by atoms with Crippen molar-refractivity contribution < 1.29 is 22.3 Å². The van der Waals surface area contributed by atoms with Gasteiger partial charge in [-0.15, -0.1) is 0 Å². The number of hydrogen-bond acceptors (Lipinski definition) is 4. The van der Waals surface area contributed by atoms with Crippen LogP contribution in [0.15, 0.2) is 54.6 Å². The fourth-order valence-electron chi connectivity index (χ4n) is 5.04. The number of sulfonamides is 1. The molecule has 1 N–H and O–H groups in total. The molecule has 2 saturated heterocycles. The molecule has 3 aliphatic rings. The molecule has 1 unspecified atom stereocenters. The van der Waals surface area contributed by atoms with Crippen LogP contribution >= 0.6 is 0 Å². The predicted octanol–water partition coefficient (Wildman–Crippen LogP) is 2.89. The molecule has 5 rings (SSSR count). The van der Waals surface area contributed by atoms with Crippen molar-refractivity contribution in [2.24, 2.45) is 5.41 Å². The van der Waals surface area contributed by atoms with Gasteiger partial charge >= 0.3 is 0 Å². The highest BCUT2D eigenvalue weighted by atomic mass is 32.2. The van der Waals surface area contributed by atoms with E-state index >= 15 is 0 Å². The van der Waals surface area contributed by atoms with Gasteiger partial charge in [0.15, 0.2) is 0 Å². The van der Waals surface area contributed by atoms with E-state index in [-0.39, 0.29) is 17.4 Å². The number of hydrogen-bond donors (Lipinski definition) is 1. The van der Waals surface area contributed by atoms with Crippen molar-refractivity contribution in [2.45, 2.75) is 43.9 Å². The highest BCUT2D eigenvalue weighted by Gasteiger charge is 2.61. The maximum absolute atomic E-state index is 13.2. The zero-order valence-corrected chi connectivity index (χ0v) is 18.6. The van der Waals surface area contributed by atoms with Crippen molar-refractivity contribution in [3.05, 3.63) is 60.2 Å². The van der Waals surface area contributed by atoms with Gasteiger partial charge in [-0.05, 0) is 36.0 Å². The summed E-state index contributed by atoms with van der Waals surface area (Å²) in [5.74, 6) is -0.0892. The molecule has 1 spiro atoms. The van der Waals surface area contributed by atoms with Crippen LogP contribution in [-0.4, -0.2) is 56.6 Å². The molecule has 6 nitrogen and oxygen atoms in total. The minimum absolute atomic E-state index is 0.0892. The van der Waals surface area contributed by atoms with Gasteiger partial charge in [0.2, 0.25) is 16.0 Å². The molecule has 3 fully saturated rings. The number of amides is 1. The van der Waals surface area contributed by atoms with Gasteiger partial charge in [0, 0.05) is 24.4 Å². The van der Waals surface area contributed by atoms with Crippen molar-refractivity contribution in [3.63, 3.8) is 0 Å². The van der Waals surface area contributed by atoms with Gasteiger partial charge in [-0.3, -0.25) is 4.79 Å². The summed E-state index contributed by atoms with van der Waals surface area (Å²) in [6.45, 7) is 1.05. The fourth-order valence-corrected chi connectivity index (χ4v) is 5.89. The maximum Gasteiger partial charge on any atom is 0.252 e. The van der Waals surface area contributed by atoms with Crippen molar-refractivity contribution >= 4 is 15.9 Å². The Labute approximate surface area is 187 Å². The van der Waals surface area contributed by atoms with E-state index in [2.05, 4.69) is 10.8 Å². The lowest BCUT2D eigenvalue weighted by molar-refractivity contribution is -0.157. The fraction of sp³-hybridized carbons (Fsp3) is 0.458. The number of carbonyl (C=O) groups excluding carboxylic acids is 1. The molecule has 0 radical (unpaired) electrons. The SMILES string of the molecule is O=C(C1CCO1)N1CC2(CC2)[C@H](NS(=O)(=O)CF)[C@@H]1Cc1cccc(-c2ccccc2)c1. The standard InChI is InChI=1S/C24H27FN2O4S/c25-16-32(29,30)26-22-20(27(15-24(22)10-11-24)23(28)21-9-12-31-21)14-17-5-4-8-19(13-17)18-6-2-1-3-7-18/h1-8,13,20-22,26H,9-12,14-16H2/t20-,21?,22+/m0/s1. The van der Waals surface area contributed by atoms with Crippen LogP contribution in [0.5, 0.6) is 0 Å². The second-order valence-corrected chi connectivity index (χ2v) is 10.8. The monoisotopic (exact) mass is 458 g/mol. The van der Waals surface area contributed by atoms with Gasteiger partial charge < -0.3 is 9.64 Å². The predicted molar refractivity (Wildman–Crippen MR) is 119 cm³/mol. The van der Waals surface area contributed by atoms with Gasteiger partial charge in [-0.1, -0.05) is 54.6 Å². The summed E-state index contributed by atoms with van der Waals surface area (Å²) in [5, 5.41) is 0. The lowest BCUT2D eigenvalue weighted by Gasteiger charge is -2.34. The Balaban J connectivity index is 1.47. The first kappa shape index (κ1) is 21.6. The second-order valence-electron chi connectivity index (χ2n) is 9.13. The zero-order valence-electron chi connectivity index (χ0n) is 17.7. The smallest absolute Gasteiger partial charge is 0.252 e. The van der Waals surface area contributed by atoms with Crippen LogP contribution in [0.2, 0.25) is 0 Å². The summed E-state index contributed by atoms with van der Waals surface area (Å²) in [5.41, 5.74) is 2.84. The van der Waals surface area contributed by atoms with Gasteiger partial charge in [0.25, 0.3) is 5.91 Å². The topological polar surface area (TPSA) is 75.7 Å². The number of nitrogens with one attached hydrogen (secondary N) is 1. The number of likely N-dealkylation sites (tertiary alicyclic amines) is 1. The molecule has 32 heavy (non-hydrogen) atoms. The largest absolute Gasteiger partial charge is 0.368 e. The average molecular weight is 459 g/mol. The Kier molecular flexibility index (Phi) is 5.55. The van der Waals surface area contributed by atoms with E-state index in [0.29, 0.717) is 26.0 Å². The second kappa shape index (κ2) is 8.24. The highest BCUT2D eigenvalue weighted by molar-refractivity contribution is 7.89. The van der Waals surface area contributed by atoms with Gasteiger partial charge in [-0.25, -0.2) is 17.5 Å². The van der Waals surface area contributed by atoms with E-state index in [1.54, 1.807) is 4.90 Å². The van der Waals surface area contributed by atoms with E-state index in [1.165, 1.54) is 0 Å². The third-order valence-electron chi connectivity index (χ3n) is 7.01. The molecule has 2 aromatic rings. The quantitative estimate of drug-likeness (QED) is 0.692. The molecule has 1 aliphatic carbocycles. The Morgan fingerprint density at radius 2 is 1.84 bits per heavy atom. The minimum atomic E-state index is -4.06. The molecule has 8 heteroatoms. The van der Waals surface area contributed by atoms with E-state index < -0.39 is 28.2 Å². The molecule has 0 bridgehead atoms. The van der Waals surface area contributed by atoms with Gasteiger partial charge in [-0.2, -0.15) is 0 Å². The van der Waals surface area contributed by atoms with Crippen LogP contribution in [0.4, 0.5) is 4.39 Å². The Hall–Kier alpha value is -2.29. The first-order valence-electron chi connectivity index (χ1n) is 11.0. The molecule has 2 aromatic carbocycles. The molecule has 1 saturated carbocycles. The normalized spacial score (nSPS) is 26.2. The van der Waals surface area contributed by atoms with Crippen molar-refractivity contribution in [1.82, 2.24) is 9.62 Å². The lowest BCUT2D eigenvalue weighted by atomic mass is 9.91. The molecular weight excluding hydrogens is 431 g/mol. The number of nitrogens with zero attached hydrogens (tertiary/aromatic N) is 1. The summed E-state index contributed by atoms with van der Waals surface area (Å²) >= 11 is 0. The number of halogens is 1. The number of benzene rings is 2. The maximum atomic E-state index is 13.2. The van der Waals surface area contributed by atoms with Gasteiger partial charge in [0.1, 0.15) is 6.10 Å². The van der Waals surface area contributed by atoms with E-state index in [1.807, 2.05) is 48.5 Å². The average Bonchev–Trinajstić information content (AvgIpc) is 3.49. The third-order valence-corrected chi connectivity index (χ3v) is 7.91. The third kappa shape index (κ3) is 4.07. The Morgan fingerprint density at radius 3 is 2.47 bits per heavy atom. The Morgan fingerprint density at radius 1 is 1.12 bits per heavy atom. The molecule has 1 amide bonds. The molecule has 3 atom stereocenters. The molecule has 0 aromatic heterocycles. The van der Waals surface area contributed by atoms with Crippen LogP contribution in [0, 0.1) is 5.41 Å². The van der Waals surface area contributed by atoms with Crippen LogP contribution in [-0.2, 0) is 26.0 Å². The van der Waals surface area contributed by atoms with E-state index in [0.717, 1.165) is 29.5 Å². The van der Waals surface area contributed by atoms with Crippen LogP contribution in [0.25, 0.3) is 11.1 Å². The van der Waals surface area contributed by atoms with E-state index in [4.69, 9.17) is 4.74 Å². The van der Waals surface area contributed by atoms with Crippen LogP contribution < -0.4 is 4.72 Å². The highest BCUT2D eigenvalue weighted by Crippen LogP contribution is 2.55. The summed E-state index contributed by atoms with van der Waals surface area (Å²) in [6, 6.07) is 15.7. The summed E-state index contributed by atoms with van der Waals surface area (Å²) in [4.78, 5) is 15.0. The number of rotatable bonds is 7. The number of alkyl halides is 1. The van der Waals surface area contributed by atoms with Crippen molar-refractivity contribution in [1.29, 1.82) is 0 Å². The number of carbonyl (C=O) groups is 1. The summed E-state index contributed by atoms with van der Waals surface area (Å²) in [7, 11) is -4.06. The first-order chi connectivity index (χ1) is 15.4. The molecule has 170 valence electrons. The first-order valence-corrected chi connectivity index (χ1v) is 12.7. The zero-order chi connectivity index (χ0) is 22.3. The van der Waals surface area contributed by atoms with Crippen LogP contribution in [0.3, 0.4) is 0 Å². The number of ether oxygens (including phenoxy) is 1. The van der Waals surface area contributed by atoms with Crippen LogP contribution in [0.1, 0.15) is 24.8 Å². The molecule has 2 heterocycles. The lowest BCUT2D eigenvalue weighted by Crippen LogP contribution is -2.53. The van der Waals surface area contributed by atoms with Crippen molar-refractivity contribution in [2.75, 3.05) is 19.2 Å². The summed E-state index contributed by atoms with van der Waals surface area (Å²) in [6.07, 6.45) is 2.35. The van der Waals surface area contributed by atoms with Gasteiger partial charge in [0.05, 0.1) is 12.6 Å². The summed E-state index contributed by atoms with van der Waals surface area (Å²) < 4.78 is 45.6.